The molecule has 0 spiro atoms. The van der Waals surface area contributed by atoms with Gasteiger partial charge in [-0.1, -0.05) is 12.1 Å². The van der Waals surface area contributed by atoms with E-state index in [1.807, 2.05) is 24.3 Å². The van der Waals surface area contributed by atoms with Crippen LogP contribution in [0.3, 0.4) is 0 Å². The van der Waals surface area contributed by atoms with Crippen molar-refractivity contribution in [3.63, 3.8) is 0 Å². The molecule has 2 heterocycles. The summed E-state index contributed by atoms with van der Waals surface area (Å²) in [6.45, 7) is 3.33. The number of nitrogens with zero attached hydrogens (tertiary/aromatic N) is 3. The molecule has 1 aliphatic rings. The van der Waals surface area contributed by atoms with Crippen molar-refractivity contribution in [2.75, 3.05) is 31.2 Å². The van der Waals surface area contributed by atoms with E-state index in [9.17, 15) is 4.39 Å². The maximum atomic E-state index is 14.1. The lowest BCUT2D eigenvalue weighted by Gasteiger charge is -2.28. The fourth-order valence-electron chi connectivity index (χ4n) is 3.01. The summed E-state index contributed by atoms with van der Waals surface area (Å²) in [6, 6.07) is 16.8. The minimum absolute atomic E-state index is 0.246. The van der Waals surface area contributed by atoms with Gasteiger partial charge in [0.25, 0.3) is 0 Å². The van der Waals surface area contributed by atoms with E-state index in [0.29, 0.717) is 5.56 Å². The number of rotatable bonds is 3. The Bertz CT molecular complexity index is 823. The largest absolute Gasteiger partial charge is 0.378 e. The third-order valence-corrected chi connectivity index (χ3v) is 4.26. The number of halogens is 1. The first-order valence-electron chi connectivity index (χ1n) is 8.05. The minimum atomic E-state index is -0.246. The summed E-state index contributed by atoms with van der Waals surface area (Å²) >= 11 is 0. The average molecular weight is 323 g/mol. The molecule has 5 heteroatoms. The Hall–Kier alpha value is -2.66. The molecular weight excluding hydrogens is 305 g/mol. The fraction of sp³-hybridized carbons (Fsp3) is 0.211. The lowest BCUT2D eigenvalue weighted by atomic mass is 10.1. The standard InChI is InChI=1S/C19H18FN3O/c20-18-4-2-1-3-17(18)19-9-10-21-23(19)16-7-5-15(6-8-16)22-11-13-24-14-12-22/h1-10H,11-14H2. The monoisotopic (exact) mass is 323 g/mol. The molecule has 0 N–H and O–H groups in total. The van der Waals surface area contributed by atoms with Crippen LogP contribution in [-0.2, 0) is 4.74 Å². The van der Waals surface area contributed by atoms with Crippen LogP contribution in [0, 0.1) is 5.82 Å². The molecule has 1 saturated heterocycles. The summed E-state index contributed by atoms with van der Waals surface area (Å²) < 4.78 is 21.2. The highest BCUT2D eigenvalue weighted by Gasteiger charge is 2.13. The summed E-state index contributed by atoms with van der Waals surface area (Å²) in [5.74, 6) is -0.246. The molecule has 4 rings (SSSR count). The normalized spacial score (nSPS) is 14.8. The summed E-state index contributed by atoms with van der Waals surface area (Å²) in [7, 11) is 0. The van der Waals surface area contributed by atoms with E-state index in [-0.39, 0.29) is 5.82 Å². The van der Waals surface area contributed by atoms with Crippen LogP contribution in [0.1, 0.15) is 0 Å². The number of anilines is 1. The Kier molecular flexibility index (Phi) is 4.01. The molecule has 0 amide bonds. The number of hydrogen-bond acceptors (Lipinski definition) is 3. The lowest BCUT2D eigenvalue weighted by molar-refractivity contribution is 0.122. The third kappa shape index (κ3) is 2.78. The Morgan fingerprint density at radius 1 is 0.875 bits per heavy atom. The van der Waals surface area contributed by atoms with Crippen LogP contribution in [0.2, 0.25) is 0 Å². The van der Waals surface area contributed by atoms with Gasteiger partial charge in [-0.25, -0.2) is 9.07 Å². The number of morpholine rings is 1. The highest BCUT2D eigenvalue weighted by molar-refractivity contribution is 5.63. The Balaban J connectivity index is 1.65. The highest BCUT2D eigenvalue weighted by Crippen LogP contribution is 2.26. The van der Waals surface area contributed by atoms with E-state index in [0.717, 1.165) is 37.7 Å². The molecule has 1 aliphatic heterocycles. The summed E-state index contributed by atoms with van der Waals surface area (Å²) in [4.78, 5) is 2.30. The summed E-state index contributed by atoms with van der Waals surface area (Å²) in [6.07, 6.45) is 1.69. The zero-order chi connectivity index (χ0) is 16.4. The molecule has 24 heavy (non-hydrogen) atoms. The molecule has 4 nitrogen and oxygen atoms in total. The molecule has 0 atom stereocenters. The average Bonchev–Trinajstić information content (AvgIpc) is 3.12. The first-order chi connectivity index (χ1) is 11.8. The van der Waals surface area contributed by atoms with Crippen LogP contribution in [0.4, 0.5) is 10.1 Å². The van der Waals surface area contributed by atoms with Crippen molar-refractivity contribution >= 4 is 5.69 Å². The predicted molar refractivity (Wildman–Crippen MR) is 92.0 cm³/mol. The van der Waals surface area contributed by atoms with E-state index in [2.05, 4.69) is 22.1 Å². The van der Waals surface area contributed by atoms with Gasteiger partial charge in [0.2, 0.25) is 0 Å². The first kappa shape index (κ1) is 14.9. The molecule has 0 radical (unpaired) electrons. The zero-order valence-corrected chi connectivity index (χ0v) is 13.2. The van der Waals surface area contributed by atoms with E-state index < -0.39 is 0 Å². The van der Waals surface area contributed by atoms with Crippen LogP contribution in [0.15, 0.2) is 60.8 Å². The van der Waals surface area contributed by atoms with Crippen LogP contribution in [-0.4, -0.2) is 36.1 Å². The molecule has 2 aromatic carbocycles. The van der Waals surface area contributed by atoms with Crippen molar-refractivity contribution in [1.82, 2.24) is 9.78 Å². The van der Waals surface area contributed by atoms with Crippen molar-refractivity contribution in [1.29, 1.82) is 0 Å². The second-order valence-electron chi connectivity index (χ2n) is 5.72. The van der Waals surface area contributed by atoms with Gasteiger partial charge in [0.1, 0.15) is 5.82 Å². The van der Waals surface area contributed by atoms with Crippen LogP contribution >= 0.6 is 0 Å². The van der Waals surface area contributed by atoms with Gasteiger partial charge in [-0.3, -0.25) is 0 Å². The number of aromatic nitrogens is 2. The maximum absolute atomic E-state index is 14.1. The first-order valence-corrected chi connectivity index (χ1v) is 8.05. The van der Waals surface area contributed by atoms with Crippen LogP contribution in [0.25, 0.3) is 16.9 Å². The van der Waals surface area contributed by atoms with Gasteiger partial charge in [-0.05, 0) is 42.5 Å². The van der Waals surface area contributed by atoms with Gasteiger partial charge < -0.3 is 9.64 Å². The van der Waals surface area contributed by atoms with Crippen LogP contribution in [0.5, 0.6) is 0 Å². The second kappa shape index (κ2) is 6.45. The smallest absolute Gasteiger partial charge is 0.132 e. The van der Waals surface area contributed by atoms with Crippen molar-refractivity contribution in [3.8, 4) is 16.9 Å². The molecule has 3 aromatic rings. The van der Waals surface area contributed by atoms with Gasteiger partial charge in [-0.2, -0.15) is 5.10 Å². The van der Waals surface area contributed by atoms with E-state index in [1.54, 1.807) is 23.0 Å². The van der Waals surface area contributed by atoms with Crippen molar-refractivity contribution in [3.05, 3.63) is 66.6 Å². The summed E-state index contributed by atoms with van der Waals surface area (Å²) in [5, 5.41) is 4.36. The molecular formula is C19H18FN3O. The van der Waals surface area contributed by atoms with E-state index >= 15 is 0 Å². The SMILES string of the molecule is Fc1ccccc1-c1ccnn1-c1ccc(N2CCOCC2)cc1. The maximum Gasteiger partial charge on any atom is 0.132 e. The Morgan fingerprint density at radius 2 is 1.58 bits per heavy atom. The van der Waals surface area contributed by atoms with E-state index in [1.165, 1.54) is 11.8 Å². The topological polar surface area (TPSA) is 30.3 Å². The highest BCUT2D eigenvalue weighted by atomic mass is 19.1. The molecule has 0 unspecified atom stereocenters. The predicted octanol–water partition coefficient (Wildman–Crippen LogP) is 3.52. The number of benzene rings is 2. The van der Waals surface area contributed by atoms with Gasteiger partial charge in [0.05, 0.1) is 30.8 Å². The molecule has 1 fully saturated rings. The Labute approximate surface area is 140 Å². The molecule has 0 saturated carbocycles. The Morgan fingerprint density at radius 3 is 2.33 bits per heavy atom. The zero-order valence-electron chi connectivity index (χ0n) is 13.2. The lowest BCUT2D eigenvalue weighted by Crippen LogP contribution is -2.36. The number of hydrogen-bond donors (Lipinski definition) is 0. The minimum Gasteiger partial charge on any atom is -0.378 e. The molecule has 0 bridgehead atoms. The second-order valence-corrected chi connectivity index (χ2v) is 5.72. The van der Waals surface area contributed by atoms with Crippen molar-refractivity contribution in [2.24, 2.45) is 0 Å². The van der Waals surface area contributed by atoms with Gasteiger partial charge in [-0.15, -0.1) is 0 Å². The molecule has 0 aliphatic carbocycles. The van der Waals surface area contributed by atoms with E-state index in [4.69, 9.17) is 4.74 Å². The van der Waals surface area contributed by atoms with Crippen molar-refractivity contribution < 1.29 is 9.13 Å². The van der Waals surface area contributed by atoms with Crippen molar-refractivity contribution in [2.45, 2.75) is 0 Å². The van der Waals surface area contributed by atoms with Crippen LogP contribution < -0.4 is 4.90 Å². The number of ether oxygens (including phenoxy) is 1. The van der Waals surface area contributed by atoms with Gasteiger partial charge >= 0.3 is 0 Å². The fourth-order valence-corrected chi connectivity index (χ4v) is 3.01. The molecule has 122 valence electrons. The van der Waals surface area contributed by atoms with Gasteiger partial charge in [0.15, 0.2) is 0 Å². The van der Waals surface area contributed by atoms with Gasteiger partial charge in [0, 0.05) is 24.3 Å². The third-order valence-electron chi connectivity index (χ3n) is 4.26. The quantitative estimate of drug-likeness (QED) is 0.739. The molecule has 1 aromatic heterocycles. The summed E-state index contributed by atoms with van der Waals surface area (Å²) in [5.41, 5.74) is 3.37.